The molecule has 0 saturated carbocycles. The quantitative estimate of drug-likeness (QED) is 0.749. The highest BCUT2D eigenvalue weighted by Crippen LogP contribution is 2.17. The van der Waals surface area contributed by atoms with Gasteiger partial charge >= 0.3 is 0 Å². The lowest BCUT2D eigenvalue weighted by Crippen LogP contribution is -2.32. The van der Waals surface area contributed by atoms with Gasteiger partial charge in [0.25, 0.3) is 5.91 Å². The number of para-hydroxylation sites is 1. The second-order valence-electron chi connectivity index (χ2n) is 5.85. The number of benzene rings is 2. The predicted octanol–water partition coefficient (Wildman–Crippen LogP) is 4.09. The number of hydrogen-bond donors (Lipinski definition) is 2. The molecule has 1 atom stereocenters. The number of carbonyl (C=O) groups excluding carboxylic acids is 2. The van der Waals surface area contributed by atoms with Gasteiger partial charge in [-0.1, -0.05) is 49.4 Å². The maximum absolute atomic E-state index is 12.3. The molecule has 1 unspecified atom stereocenters. The number of amides is 2. The third-order valence-electron chi connectivity index (χ3n) is 3.78. The molecule has 2 aromatic rings. The van der Waals surface area contributed by atoms with E-state index in [-0.39, 0.29) is 17.9 Å². The van der Waals surface area contributed by atoms with Crippen molar-refractivity contribution in [3.8, 4) is 0 Å². The van der Waals surface area contributed by atoms with Crippen molar-refractivity contribution >= 4 is 29.3 Å². The van der Waals surface area contributed by atoms with Gasteiger partial charge in [-0.05, 0) is 31.0 Å². The van der Waals surface area contributed by atoms with Gasteiger partial charge in [0, 0.05) is 11.8 Å². The van der Waals surface area contributed by atoms with Crippen molar-refractivity contribution in [2.45, 2.75) is 32.1 Å². The lowest BCUT2D eigenvalue weighted by atomic mass is 10.1. The number of carbonyl (C=O) groups is 2. The van der Waals surface area contributed by atoms with E-state index >= 15 is 0 Å². The molecule has 0 aromatic heterocycles. The van der Waals surface area contributed by atoms with Crippen LogP contribution in [-0.4, -0.2) is 23.6 Å². The molecular weight excluding hydrogens is 332 g/mol. The Bertz CT molecular complexity index is 704. The molecule has 0 bridgehead atoms. The zero-order valence-electron chi connectivity index (χ0n) is 14.6. The molecule has 5 heteroatoms. The van der Waals surface area contributed by atoms with E-state index in [1.54, 1.807) is 30.0 Å². The van der Waals surface area contributed by atoms with Crippen LogP contribution in [0.1, 0.15) is 36.2 Å². The van der Waals surface area contributed by atoms with Gasteiger partial charge in [-0.15, -0.1) is 11.8 Å². The summed E-state index contributed by atoms with van der Waals surface area (Å²) in [7, 11) is 0. The number of nitrogens with one attached hydrogen (secondary N) is 2. The second kappa shape index (κ2) is 9.89. The summed E-state index contributed by atoms with van der Waals surface area (Å²) in [5.41, 5.74) is 2.23. The molecule has 4 nitrogen and oxygen atoms in total. The van der Waals surface area contributed by atoms with Gasteiger partial charge in [0.05, 0.1) is 17.0 Å². The Hall–Kier alpha value is -2.27. The van der Waals surface area contributed by atoms with Crippen LogP contribution in [0, 0.1) is 0 Å². The van der Waals surface area contributed by atoms with Gasteiger partial charge in [0.2, 0.25) is 5.91 Å². The Labute approximate surface area is 153 Å². The Balaban J connectivity index is 1.91. The third kappa shape index (κ3) is 6.27. The fraction of sp³-hybridized carbons (Fsp3) is 0.300. The maximum atomic E-state index is 12.3. The van der Waals surface area contributed by atoms with E-state index in [1.807, 2.05) is 50.2 Å². The van der Waals surface area contributed by atoms with Crippen molar-refractivity contribution in [1.82, 2.24) is 5.32 Å². The third-order valence-corrected chi connectivity index (χ3v) is 4.78. The van der Waals surface area contributed by atoms with Crippen molar-refractivity contribution in [3.63, 3.8) is 0 Å². The molecule has 0 saturated heterocycles. The summed E-state index contributed by atoms with van der Waals surface area (Å²) in [4.78, 5) is 24.5. The summed E-state index contributed by atoms with van der Waals surface area (Å²) < 4.78 is 0. The summed E-state index contributed by atoms with van der Waals surface area (Å²) in [6.07, 6.45) is 0.858. The van der Waals surface area contributed by atoms with E-state index in [9.17, 15) is 9.59 Å². The number of anilines is 1. The second-order valence-corrected chi connectivity index (χ2v) is 6.84. The number of hydrogen-bond acceptors (Lipinski definition) is 3. The van der Waals surface area contributed by atoms with E-state index in [4.69, 9.17) is 0 Å². The molecule has 2 amide bonds. The Morgan fingerprint density at radius 3 is 2.44 bits per heavy atom. The molecule has 132 valence electrons. The van der Waals surface area contributed by atoms with Crippen molar-refractivity contribution < 1.29 is 9.59 Å². The largest absolute Gasteiger partial charge is 0.350 e. The normalized spacial score (nSPS) is 11.6. The van der Waals surface area contributed by atoms with Crippen molar-refractivity contribution in [2.75, 3.05) is 11.1 Å². The van der Waals surface area contributed by atoms with Gasteiger partial charge < -0.3 is 10.6 Å². The van der Waals surface area contributed by atoms with E-state index in [0.717, 1.165) is 12.2 Å². The van der Waals surface area contributed by atoms with Crippen LogP contribution in [0.15, 0.2) is 54.6 Å². The molecule has 0 heterocycles. The van der Waals surface area contributed by atoms with Gasteiger partial charge in [-0.3, -0.25) is 9.59 Å². The zero-order valence-corrected chi connectivity index (χ0v) is 15.4. The van der Waals surface area contributed by atoms with Crippen molar-refractivity contribution in [2.24, 2.45) is 0 Å². The van der Waals surface area contributed by atoms with Crippen LogP contribution in [-0.2, 0) is 10.5 Å². The van der Waals surface area contributed by atoms with Crippen molar-refractivity contribution in [3.05, 3.63) is 65.7 Å². The molecular formula is C20H24N2O2S. The fourth-order valence-corrected chi connectivity index (χ4v) is 3.00. The summed E-state index contributed by atoms with van der Waals surface area (Å²) in [5, 5.41) is 5.78. The summed E-state index contributed by atoms with van der Waals surface area (Å²) in [6, 6.07) is 17.2. The van der Waals surface area contributed by atoms with Crippen LogP contribution >= 0.6 is 11.8 Å². The Kier molecular flexibility index (Phi) is 7.54. The molecule has 0 aliphatic heterocycles. The lowest BCUT2D eigenvalue weighted by Gasteiger charge is -2.14. The molecule has 0 radical (unpaired) electrons. The lowest BCUT2D eigenvalue weighted by molar-refractivity contribution is -0.113. The first-order chi connectivity index (χ1) is 12.1. The van der Waals surface area contributed by atoms with E-state index < -0.39 is 0 Å². The van der Waals surface area contributed by atoms with Gasteiger partial charge in [-0.2, -0.15) is 0 Å². The van der Waals surface area contributed by atoms with Gasteiger partial charge in [0.15, 0.2) is 0 Å². The van der Waals surface area contributed by atoms with Gasteiger partial charge in [-0.25, -0.2) is 0 Å². The molecule has 0 fully saturated rings. The zero-order chi connectivity index (χ0) is 18.1. The molecule has 0 aliphatic rings. The predicted molar refractivity (Wildman–Crippen MR) is 105 cm³/mol. The molecule has 0 aliphatic carbocycles. The fourth-order valence-electron chi connectivity index (χ4n) is 2.22. The molecule has 2 aromatic carbocycles. The monoisotopic (exact) mass is 356 g/mol. The van der Waals surface area contributed by atoms with Crippen LogP contribution in [0.25, 0.3) is 0 Å². The van der Waals surface area contributed by atoms with Crippen LogP contribution in [0.5, 0.6) is 0 Å². The molecule has 2 N–H and O–H groups in total. The SMILES string of the molecule is CCC(C)NC(=O)c1ccccc1NC(=O)CSCc1ccccc1. The Morgan fingerprint density at radius 1 is 1.04 bits per heavy atom. The molecule has 0 spiro atoms. The highest BCUT2D eigenvalue weighted by molar-refractivity contribution is 7.99. The average molecular weight is 356 g/mol. The number of thioether (sulfide) groups is 1. The maximum Gasteiger partial charge on any atom is 0.253 e. The van der Waals surface area contributed by atoms with E-state index in [1.165, 1.54) is 5.56 Å². The first kappa shape index (κ1) is 19.1. The topological polar surface area (TPSA) is 58.2 Å². The summed E-state index contributed by atoms with van der Waals surface area (Å²) in [6.45, 7) is 3.97. The Morgan fingerprint density at radius 2 is 1.72 bits per heavy atom. The average Bonchev–Trinajstić information content (AvgIpc) is 2.62. The smallest absolute Gasteiger partial charge is 0.253 e. The first-order valence-electron chi connectivity index (χ1n) is 8.41. The van der Waals surface area contributed by atoms with Crippen LogP contribution in [0.4, 0.5) is 5.69 Å². The molecule has 25 heavy (non-hydrogen) atoms. The summed E-state index contributed by atoms with van der Waals surface area (Å²) >= 11 is 1.55. The van der Waals surface area contributed by atoms with E-state index in [0.29, 0.717) is 17.0 Å². The molecule has 2 rings (SSSR count). The minimum absolute atomic E-state index is 0.0951. The number of rotatable bonds is 8. The van der Waals surface area contributed by atoms with Crippen LogP contribution < -0.4 is 10.6 Å². The summed E-state index contributed by atoms with van der Waals surface area (Å²) in [5.74, 6) is 0.854. The minimum Gasteiger partial charge on any atom is -0.350 e. The highest BCUT2D eigenvalue weighted by atomic mass is 32.2. The minimum atomic E-state index is -0.165. The first-order valence-corrected chi connectivity index (χ1v) is 9.57. The van der Waals surface area contributed by atoms with Crippen LogP contribution in [0.2, 0.25) is 0 Å². The van der Waals surface area contributed by atoms with Crippen LogP contribution in [0.3, 0.4) is 0 Å². The van der Waals surface area contributed by atoms with Gasteiger partial charge in [0.1, 0.15) is 0 Å². The van der Waals surface area contributed by atoms with E-state index in [2.05, 4.69) is 10.6 Å². The standard InChI is InChI=1S/C20H24N2O2S/c1-3-15(2)21-20(24)17-11-7-8-12-18(17)22-19(23)14-25-13-16-9-5-4-6-10-16/h4-12,15H,3,13-14H2,1-2H3,(H,21,24)(H,22,23). The van der Waals surface area contributed by atoms with Crippen molar-refractivity contribution in [1.29, 1.82) is 0 Å². The highest BCUT2D eigenvalue weighted by Gasteiger charge is 2.14.